The maximum Gasteiger partial charge on any atom is 0.230 e. The lowest BCUT2D eigenvalue weighted by Crippen LogP contribution is -2.37. The molecule has 0 aliphatic carbocycles. The van der Waals surface area contributed by atoms with E-state index in [0.717, 1.165) is 73.1 Å². The first-order chi connectivity index (χ1) is 18.0. The number of likely N-dealkylation sites (tertiary alicyclic amines) is 1. The number of aromatic nitrogens is 2. The highest BCUT2D eigenvalue weighted by molar-refractivity contribution is 6.01. The molecule has 2 aromatic carbocycles. The minimum Gasteiger partial charge on any atom is -0.513 e. The van der Waals surface area contributed by atoms with Crippen molar-refractivity contribution in [1.82, 2.24) is 14.9 Å². The lowest BCUT2D eigenvalue weighted by molar-refractivity contribution is 0.170. The molecule has 5 nitrogen and oxygen atoms in total. The predicted octanol–water partition coefficient (Wildman–Crippen LogP) is 7.36. The van der Waals surface area contributed by atoms with Crippen LogP contribution >= 0.6 is 0 Å². The van der Waals surface area contributed by atoms with E-state index in [0.29, 0.717) is 35.8 Å². The molecular formula is C31H34FN3O2. The molecule has 0 spiro atoms. The molecule has 0 bridgehead atoms. The summed E-state index contributed by atoms with van der Waals surface area (Å²) in [7, 11) is 0. The fourth-order valence-corrected chi connectivity index (χ4v) is 5.51. The number of aliphatic hydroxyl groups is 1. The second kappa shape index (κ2) is 11.3. The number of aliphatic hydroxyl groups excluding tert-OH is 1. The first-order valence-electron chi connectivity index (χ1n) is 13.2. The Morgan fingerprint density at radius 2 is 2.00 bits per heavy atom. The van der Waals surface area contributed by atoms with Gasteiger partial charge in [-0.05, 0) is 68.3 Å². The molecule has 0 saturated carbocycles. The molecule has 2 aromatic heterocycles. The second-order valence-corrected chi connectivity index (χ2v) is 10.0. The van der Waals surface area contributed by atoms with Crippen LogP contribution in [0.2, 0.25) is 0 Å². The second-order valence-electron chi connectivity index (χ2n) is 10.0. The van der Waals surface area contributed by atoms with Crippen LogP contribution in [0.3, 0.4) is 0 Å². The van der Waals surface area contributed by atoms with Crippen molar-refractivity contribution in [1.29, 1.82) is 0 Å². The molecule has 1 aliphatic rings. The molecule has 0 unspecified atom stereocenters. The fraction of sp³-hybridized carbons (Fsp3) is 0.355. The van der Waals surface area contributed by atoms with Gasteiger partial charge in [0, 0.05) is 24.1 Å². The van der Waals surface area contributed by atoms with Gasteiger partial charge in [-0.3, -0.25) is 0 Å². The Morgan fingerprint density at radius 1 is 1.16 bits per heavy atom. The van der Waals surface area contributed by atoms with Crippen molar-refractivity contribution in [3.05, 3.63) is 84.3 Å². The molecule has 4 aromatic rings. The van der Waals surface area contributed by atoms with Crippen LogP contribution in [0.5, 0.6) is 0 Å². The predicted molar refractivity (Wildman–Crippen MR) is 146 cm³/mol. The summed E-state index contributed by atoms with van der Waals surface area (Å²) < 4.78 is 21.3. The van der Waals surface area contributed by atoms with Gasteiger partial charge in [-0.2, -0.15) is 0 Å². The average molecular weight is 500 g/mol. The van der Waals surface area contributed by atoms with Gasteiger partial charge in [0.15, 0.2) is 0 Å². The van der Waals surface area contributed by atoms with E-state index in [1.807, 2.05) is 49.4 Å². The van der Waals surface area contributed by atoms with E-state index < -0.39 is 0 Å². The molecule has 6 heteroatoms. The van der Waals surface area contributed by atoms with Crippen LogP contribution in [-0.4, -0.2) is 39.6 Å². The summed E-state index contributed by atoms with van der Waals surface area (Å²) in [5.41, 5.74) is 4.73. The summed E-state index contributed by atoms with van der Waals surface area (Å²) in [6.07, 6.45) is 6.84. The number of piperidine rings is 1. The quantitative estimate of drug-likeness (QED) is 0.244. The third-order valence-electron chi connectivity index (χ3n) is 7.35. The van der Waals surface area contributed by atoms with Crippen LogP contribution in [0.1, 0.15) is 43.9 Å². The third kappa shape index (κ3) is 5.59. The van der Waals surface area contributed by atoms with E-state index in [9.17, 15) is 9.50 Å². The third-order valence-corrected chi connectivity index (χ3v) is 7.35. The van der Waals surface area contributed by atoms with E-state index in [2.05, 4.69) is 16.5 Å². The highest BCUT2D eigenvalue weighted by Gasteiger charge is 2.26. The van der Waals surface area contributed by atoms with Crippen molar-refractivity contribution >= 4 is 11.1 Å². The van der Waals surface area contributed by atoms with Crippen LogP contribution in [0, 0.1) is 11.7 Å². The van der Waals surface area contributed by atoms with Crippen molar-refractivity contribution in [2.45, 2.75) is 45.4 Å². The van der Waals surface area contributed by atoms with Crippen molar-refractivity contribution in [2.24, 2.45) is 5.92 Å². The molecular weight excluding hydrogens is 465 g/mol. The molecule has 3 heterocycles. The van der Waals surface area contributed by atoms with E-state index in [4.69, 9.17) is 9.40 Å². The van der Waals surface area contributed by atoms with Crippen LogP contribution in [-0.2, 0) is 12.8 Å². The Balaban J connectivity index is 1.53. The van der Waals surface area contributed by atoms with Gasteiger partial charge in [-0.15, -0.1) is 0 Å². The molecule has 192 valence electrons. The summed E-state index contributed by atoms with van der Waals surface area (Å²) in [6.45, 7) is 8.57. The minimum atomic E-state index is -0.208. The molecule has 1 atom stereocenters. The van der Waals surface area contributed by atoms with Crippen LogP contribution in [0.15, 0.2) is 71.6 Å². The zero-order chi connectivity index (χ0) is 25.8. The number of aryl methyl sites for hydroxylation is 1. The van der Waals surface area contributed by atoms with Crippen LogP contribution in [0.4, 0.5) is 4.39 Å². The molecule has 1 saturated heterocycles. The molecule has 1 N–H and O–H groups in total. The zero-order valence-corrected chi connectivity index (χ0v) is 21.4. The number of hydrogen-bond acceptors (Lipinski definition) is 5. The number of halogens is 1. The summed E-state index contributed by atoms with van der Waals surface area (Å²) >= 11 is 0. The van der Waals surface area contributed by atoms with E-state index in [1.54, 1.807) is 12.4 Å². The summed E-state index contributed by atoms with van der Waals surface area (Å²) in [4.78, 5) is 11.7. The lowest BCUT2D eigenvalue weighted by atomic mass is 9.90. The van der Waals surface area contributed by atoms with Gasteiger partial charge in [-0.1, -0.05) is 56.0 Å². The van der Waals surface area contributed by atoms with Crippen molar-refractivity contribution in [2.75, 3.05) is 19.6 Å². The van der Waals surface area contributed by atoms with Gasteiger partial charge in [0.1, 0.15) is 17.9 Å². The molecule has 1 fully saturated rings. The number of allylic oxidation sites excluding steroid dienone is 1. The van der Waals surface area contributed by atoms with Crippen molar-refractivity contribution in [3.8, 4) is 22.5 Å². The van der Waals surface area contributed by atoms with E-state index in [1.165, 1.54) is 0 Å². The topological polar surface area (TPSA) is 62.4 Å². The molecule has 37 heavy (non-hydrogen) atoms. The molecule has 0 radical (unpaired) electrons. The van der Waals surface area contributed by atoms with Gasteiger partial charge >= 0.3 is 0 Å². The summed E-state index contributed by atoms with van der Waals surface area (Å²) in [6, 6.07) is 15.4. The maximum absolute atomic E-state index is 15.0. The highest BCUT2D eigenvalue weighted by atomic mass is 19.1. The van der Waals surface area contributed by atoms with Gasteiger partial charge in [0.05, 0.1) is 16.8 Å². The molecule has 5 rings (SSSR count). The number of hydrogen-bond donors (Lipinski definition) is 1. The largest absolute Gasteiger partial charge is 0.513 e. The summed E-state index contributed by atoms with van der Waals surface area (Å²) in [5, 5.41) is 10.3. The number of rotatable bonds is 9. The zero-order valence-electron chi connectivity index (χ0n) is 21.4. The highest BCUT2D eigenvalue weighted by Crippen LogP contribution is 2.42. The Kier molecular flexibility index (Phi) is 7.65. The van der Waals surface area contributed by atoms with Crippen LogP contribution in [0.25, 0.3) is 33.6 Å². The van der Waals surface area contributed by atoms with E-state index >= 15 is 0 Å². The van der Waals surface area contributed by atoms with E-state index in [-0.39, 0.29) is 11.6 Å². The number of fused-ring (bicyclic) bond motifs is 1. The van der Waals surface area contributed by atoms with Gasteiger partial charge in [-0.25, -0.2) is 14.4 Å². The van der Waals surface area contributed by atoms with Crippen molar-refractivity contribution in [3.63, 3.8) is 0 Å². The Morgan fingerprint density at radius 3 is 2.76 bits per heavy atom. The van der Waals surface area contributed by atoms with Gasteiger partial charge in [0.2, 0.25) is 5.71 Å². The van der Waals surface area contributed by atoms with Crippen LogP contribution < -0.4 is 0 Å². The van der Waals surface area contributed by atoms with Gasteiger partial charge < -0.3 is 14.4 Å². The fourth-order valence-electron chi connectivity index (χ4n) is 5.51. The Labute approximate surface area is 217 Å². The molecule has 1 aliphatic heterocycles. The Bertz CT molecular complexity index is 1380. The lowest BCUT2D eigenvalue weighted by Gasteiger charge is -2.32. The maximum atomic E-state index is 15.0. The Hall–Kier alpha value is -3.51. The first kappa shape index (κ1) is 25.2. The minimum absolute atomic E-state index is 0.208. The van der Waals surface area contributed by atoms with Gasteiger partial charge in [0.25, 0.3) is 0 Å². The number of benzene rings is 2. The monoisotopic (exact) mass is 499 g/mol. The smallest absolute Gasteiger partial charge is 0.230 e. The number of nitrogens with zero attached hydrogens (tertiary/aromatic N) is 3. The SMILES string of the molecule is C=C(O)CCCN1CCC[C@@H](Cc2ncnc3oc(-c4ccccc4)c(-c4ccc(CC)c(F)c4)c23)C1. The average Bonchev–Trinajstić information content (AvgIpc) is 3.30. The first-order valence-corrected chi connectivity index (χ1v) is 13.2. The molecule has 0 amide bonds. The number of furan rings is 1. The summed E-state index contributed by atoms with van der Waals surface area (Å²) in [5.74, 6) is 1.18. The normalized spacial score (nSPS) is 16.3. The standard InChI is InChI=1S/C31H34FN3O2/c1-3-23-13-14-25(18-26(23)32)28-29-27(17-22-10-8-16-35(19-22)15-7-9-21(2)36)33-20-34-31(29)37-30(28)24-11-5-4-6-12-24/h4-6,11-14,18,20,22,36H,2-3,7-10,15-17,19H2,1H3/t22-/m0/s1. The van der Waals surface area contributed by atoms with Crippen molar-refractivity contribution < 1.29 is 13.9 Å².